The monoisotopic (exact) mass is 314 g/mol. The maximum absolute atomic E-state index is 14.1. The van der Waals surface area contributed by atoms with E-state index >= 15 is 0 Å². The molecular formula is C18H16F2N2O. The Morgan fingerprint density at radius 1 is 1.13 bits per heavy atom. The Labute approximate surface area is 133 Å². The molecule has 5 heteroatoms. The van der Waals surface area contributed by atoms with Crippen molar-refractivity contribution < 1.29 is 13.9 Å². The van der Waals surface area contributed by atoms with Crippen LogP contribution in [-0.4, -0.2) is 12.2 Å². The maximum Gasteiger partial charge on any atom is 0.146 e. The van der Waals surface area contributed by atoms with Crippen LogP contribution < -0.4 is 10.2 Å². The molecule has 0 saturated carbocycles. The van der Waals surface area contributed by atoms with Crippen LogP contribution in [0.2, 0.25) is 0 Å². The highest BCUT2D eigenvalue weighted by molar-refractivity contribution is 5.94. The van der Waals surface area contributed by atoms with Gasteiger partial charge in [0.05, 0.1) is 17.1 Å². The Morgan fingerprint density at radius 2 is 1.87 bits per heavy atom. The van der Waals surface area contributed by atoms with Crippen LogP contribution in [0.5, 0.6) is 0 Å². The van der Waals surface area contributed by atoms with E-state index in [4.69, 9.17) is 0 Å². The third-order valence-corrected chi connectivity index (χ3v) is 3.78. The number of hydrogen-bond acceptors (Lipinski definition) is 3. The standard InChI is InChI=1S/C18H16F2N2O/c1-10-4-5-14(13(20)6-10)21-15-7-12(19)8-16-18(15)11(2)17(23)9-22(16)3/h4-9,21,23H,2H2,1,3H3. The average Bonchev–Trinajstić information content (AvgIpc) is 2.47. The molecule has 0 aliphatic carbocycles. The van der Waals surface area contributed by atoms with Gasteiger partial charge in [-0.2, -0.15) is 0 Å². The number of aliphatic hydroxyl groups excluding tert-OH is 1. The van der Waals surface area contributed by atoms with Gasteiger partial charge in [0.25, 0.3) is 0 Å². The SMILES string of the molecule is C=C1C(O)=CN(C)c2cc(F)cc(Nc3ccc(C)cc3F)c21. The van der Waals surface area contributed by atoms with Crippen LogP contribution in [0.1, 0.15) is 11.1 Å². The first-order valence-electron chi connectivity index (χ1n) is 7.07. The number of aliphatic hydroxyl groups is 1. The summed E-state index contributed by atoms with van der Waals surface area (Å²) in [4.78, 5) is 1.60. The van der Waals surface area contributed by atoms with Gasteiger partial charge in [-0.1, -0.05) is 12.6 Å². The van der Waals surface area contributed by atoms with E-state index in [1.165, 1.54) is 24.4 Å². The van der Waals surface area contributed by atoms with Crippen molar-refractivity contribution >= 4 is 22.6 Å². The van der Waals surface area contributed by atoms with E-state index in [0.717, 1.165) is 5.56 Å². The second-order valence-electron chi connectivity index (χ2n) is 5.56. The van der Waals surface area contributed by atoms with Crippen LogP contribution in [0.4, 0.5) is 25.8 Å². The van der Waals surface area contributed by atoms with Crippen LogP contribution in [0.15, 0.2) is 48.9 Å². The normalized spacial score (nSPS) is 13.7. The van der Waals surface area contributed by atoms with Gasteiger partial charge in [-0.05, 0) is 36.8 Å². The Kier molecular flexibility index (Phi) is 3.56. The first kappa shape index (κ1) is 15.1. The van der Waals surface area contributed by atoms with Crippen molar-refractivity contribution in [3.63, 3.8) is 0 Å². The minimum Gasteiger partial charge on any atom is -0.506 e. The number of halogens is 2. The van der Waals surface area contributed by atoms with Gasteiger partial charge in [0.2, 0.25) is 0 Å². The number of aryl methyl sites for hydroxylation is 1. The Hall–Kier alpha value is -2.82. The highest BCUT2D eigenvalue weighted by atomic mass is 19.1. The summed E-state index contributed by atoms with van der Waals surface area (Å²) in [6, 6.07) is 7.35. The van der Waals surface area contributed by atoms with Crippen LogP contribution in [0, 0.1) is 18.6 Å². The number of nitrogens with one attached hydrogen (secondary N) is 1. The zero-order chi connectivity index (χ0) is 16.7. The fraction of sp³-hybridized carbons (Fsp3) is 0.111. The largest absolute Gasteiger partial charge is 0.506 e. The molecule has 0 bridgehead atoms. The van der Waals surface area contributed by atoms with Gasteiger partial charge >= 0.3 is 0 Å². The Morgan fingerprint density at radius 3 is 2.57 bits per heavy atom. The lowest BCUT2D eigenvalue weighted by Crippen LogP contribution is -2.18. The van der Waals surface area contributed by atoms with Gasteiger partial charge in [0, 0.05) is 24.4 Å². The van der Waals surface area contributed by atoms with Crippen molar-refractivity contribution in [1.82, 2.24) is 0 Å². The van der Waals surface area contributed by atoms with Gasteiger partial charge in [-0.25, -0.2) is 8.78 Å². The molecule has 23 heavy (non-hydrogen) atoms. The molecule has 0 spiro atoms. The molecule has 3 nitrogen and oxygen atoms in total. The molecule has 0 amide bonds. The molecule has 0 unspecified atom stereocenters. The topological polar surface area (TPSA) is 35.5 Å². The molecule has 3 rings (SSSR count). The van der Waals surface area contributed by atoms with E-state index in [0.29, 0.717) is 22.5 Å². The maximum atomic E-state index is 14.1. The average molecular weight is 314 g/mol. The van der Waals surface area contributed by atoms with Crippen molar-refractivity contribution in [3.05, 3.63) is 71.6 Å². The molecule has 1 aliphatic rings. The van der Waals surface area contributed by atoms with E-state index in [-0.39, 0.29) is 11.4 Å². The molecule has 118 valence electrons. The highest BCUT2D eigenvalue weighted by Gasteiger charge is 2.23. The second kappa shape index (κ2) is 5.43. The van der Waals surface area contributed by atoms with E-state index in [9.17, 15) is 13.9 Å². The van der Waals surface area contributed by atoms with Crippen LogP contribution in [0.25, 0.3) is 5.57 Å². The van der Waals surface area contributed by atoms with E-state index in [2.05, 4.69) is 11.9 Å². The molecular weight excluding hydrogens is 298 g/mol. The second-order valence-corrected chi connectivity index (χ2v) is 5.56. The van der Waals surface area contributed by atoms with Gasteiger partial charge in [0.1, 0.15) is 17.4 Å². The Bertz CT molecular complexity index is 843. The molecule has 0 fully saturated rings. The van der Waals surface area contributed by atoms with Crippen molar-refractivity contribution in [2.75, 3.05) is 17.3 Å². The minimum absolute atomic E-state index is 0.0148. The summed E-state index contributed by atoms with van der Waals surface area (Å²) in [5.41, 5.74) is 2.80. The van der Waals surface area contributed by atoms with Crippen molar-refractivity contribution in [2.45, 2.75) is 6.92 Å². The van der Waals surface area contributed by atoms with E-state index in [1.807, 2.05) is 0 Å². The number of benzene rings is 2. The molecule has 2 aromatic rings. The van der Waals surface area contributed by atoms with Crippen molar-refractivity contribution in [2.24, 2.45) is 0 Å². The van der Waals surface area contributed by atoms with Gasteiger partial charge in [-0.3, -0.25) is 0 Å². The van der Waals surface area contributed by atoms with Crippen LogP contribution >= 0.6 is 0 Å². The number of rotatable bonds is 2. The van der Waals surface area contributed by atoms with Crippen LogP contribution in [-0.2, 0) is 0 Å². The van der Waals surface area contributed by atoms with Gasteiger partial charge in [-0.15, -0.1) is 0 Å². The molecule has 0 aromatic heterocycles. The van der Waals surface area contributed by atoms with Crippen molar-refractivity contribution in [3.8, 4) is 0 Å². The third kappa shape index (κ3) is 2.65. The molecule has 1 heterocycles. The first-order valence-corrected chi connectivity index (χ1v) is 7.07. The molecule has 0 saturated heterocycles. The summed E-state index contributed by atoms with van der Waals surface area (Å²) < 4.78 is 28.0. The summed E-state index contributed by atoms with van der Waals surface area (Å²) in [5, 5.41) is 12.9. The lowest BCUT2D eigenvalue weighted by atomic mass is 9.97. The van der Waals surface area contributed by atoms with E-state index in [1.54, 1.807) is 31.0 Å². The molecule has 2 aromatic carbocycles. The third-order valence-electron chi connectivity index (χ3n) is 3.78. The van der Waals surface area contributed by atoms with Gasteiger partial charge in [0.15, 0.2) is 0 Å². The Balaban J connectivity index is 2.12. The zero-order valence-electron chi connectivity index (χ0n) is 12.8. The predicted octanol–water partition coefficient (Wildman–Crippen LogP) is 4.88. The fourth-order valence-corrected chi connectivity index (χ4v) is 2.61. The van der Waals surface area contributed by atoms with Crippen LogP contribution in [0.3, 0.4) is 0 Å². The predicted molar refractivity (Wildman–Crippen MR) is 89.0 cm³/mol. The summed E-state index contributed by atoms with van der Waals surface area (Å²) in [7, 11) is 1.69. The summed E-state index contributed by atoms with van der Waals surface area (Å²) >= 11 is 0. The number of allylic oxidation sites excluding steroid dienone is 1. The molecule has 2 N–H and O–H groups in total. The number of hydrogen-bond donors (Lipinski definition) is 2. The van der Waals surface area contributed by atoms with Crippen molar-refractivity contribution in [1.29, 1.82) is 0 Å². The molecule has 0 atom stereocenters. The lowest BCUT2D eigenvalue weighted by Gasteiger charge is -2.27. The fourth-order valence-electron chi connectivity index (χ4n) is 2.61. The lowest BCUT2D eigenvalue weighted by molar-refractivity contribution is 0.434. The molecule has 0 radical (unpaired) electrons. The summed E-state index contributed by atoms with van der Waals surface area (Å²) in [6.45, 7) is 5.63. The quantitative estimate of drug-likeness (QED) is 0.829. The highest BCUT2D eigenvalue weighted by Crippen LogP contribution is 2.41. The number of nitrogens with zero attached hydrogens (tertiary/aromatic N) is 1. The molecule has 1 aliphatic heterocycles. The minimum atomic E-state index is -0.465. The summed E-state index contributed by atoms with van der Waals surface area (Å²) in [5.74, 6) is -0.912. The summed E-state index contributed by atoms with van der Waals surface area (Å²) in [6.07, 6.45) is 1.46. The van der Waals surface area contributed by atoms with Gasteiger partial charge < -0.3 is 15.3 Å². The smallest absolute Gasteiger partial charge is 0.146 e. The van der Waals surface area contributed by atoms with E-state index < -0.39 is 11.6 Å². The first-order chi connectivity index (χ1) is 10.9. The zero-order valence-corrected chi connectivity index (χ0v) is 12.8. The number of anilines is 3. The number of fused-ring (bicyclic) bond motifs is 1.